The highest BCUT2D eigenvalue weighted by atomic mass is 16.5. The molecule has 0 radical (unpaired) electrons. The first kappa shape index (κ1) is 22.4. The van der Waals surface area contributed by atoms with E-state index in [1.807, 2.05) is 55.8 Å². The first-order valence-corrected chi connectivity index (χ1v) is 11.0. The van der Waals surface area contributed by atoms with E-state index in [1.165, 1.54) is 22.3 Å². The smallest absolute Gasteiger partial charge is 0.291 e. The molecule has 4 rings (SSSR count). The number of ether oxygens (including phenoxy) is 1. The van der Waals surface area contributed by atoms with Gasteiger partial charge in [-0.2, -0.15) is 5.10 Å². The van der Waals surface area contributed by atoms with Gasteiger partial charge in [0.25, 0.3) is 5.91 Å². The van der Waals surface area contributed by atoms with E-state index in [4.69, 9.17) is 9.15 Å². The molecule has 0 aliphatic heterocycles. The van der Waals surface area contributed by atoms with Gasteiger partial charge in [-0.25, -0.2) is 0 Å². The Morgan fingerprint density at radius 2 is 1.76 bits per heavy atom. The van der Waals surface area contributed by atoms with E-state index in [9.17, 15) is 4.79 Å². The molecule has 170 valence electrons. The van der Waals surface area contributed by atoms with E-state index < -0.39 is 0 Å². The number of amides is 1. The van der Waals surface area contributed by atoms with E-state index in [0.29, 0.717) is 18.0 Å². The number of anilines is 1. The molecule has 6 nitrogen and oxygen atoms in total. The summed E-state index contributed by atoms with van der Waals surface area (Å²) in [5, 5.41) is 7.59. The van der Waals surface area contributed by atoms with Crippen LogP contribution in [0.4, 0.5) is 5.69 Å². The molecule has 0 spiro atoms. The number of rotatable bonds is 7. The highest BCUT2D eigenvalue weighted by Crippen LogP contribution is 2.23. The quantitative estimate of drug-likeness (QED) is 0.386. The number of aryl methyl sites for hydroxylation is 4. The Morgan fingerprint density at radius 3 is 2.52 bits per heavy atom. The first-order valence-electron chi connectivity index (χ1n) is 11.0. The minimum atomic E-state index is -0.311. The van der Waals surface area contributed by atoms with Crippen LogP contribution in [0.15, 0.2) is 59.0 Å². The molecular formula is C27H29N3O3. The van der Waals surface area contributed by atoms with Gasteiger partial charge in [0.2, 0.25) is 0 Å². The molecular weight excluding hydrogens is 414 g/mol. The van der Waals surface area contributed by atoms with Crippen molar-refractivity contribution in [1.82, 2.24) is 9.78 Å². The number of benzene rings is 2. The minimum Gasteiger partial charge on any atom is -0.486 e. The largest absolute Gasteiger partial charge is 0.486 e. The summed E-state index contributed by atoms with van der Waals surface area (Å²) in [6.45, 7) is 10.9. The summed E-state index contributed by atoms with van der Waals surface area (Å²) in [5.41, 5.74) is 7.15. The Morgan fingerprint density at radius 1 is 0.970 bits per heavy atom. The van der Waals surface area contributed by atoms with Gasteiger partial charge in [-0.05, 0) is 81.1 Å². The number of carbonyl (C=O) groups is 1. The maximum atomic E-state index is 12.8. The number of aromatic nitrogens is 2. The van der Waals surface area contributed by atoms with E-state index >= 15 is 0 Å². The van der Waals surface area contributed by atoms with Crippen LogP contribution in [0.5, 0.6) is 5.75 Å². The zero-order valence-electron chi connectivity index (χ0n) is 19.7. The van der Waals surface area contributed by atoms with E-state index in [1.54, 1.807) is 12.1 Å². The Balaban J connectivity index is 1.42. The van der Waals surface area contributed by atoms with Gasteiger partial charge in [0.15, 0.2) is 5.76 Å². The second-order valence-corrected chi connectivity index (χ2v) is 8.38. The van der Waals surface area contributed by atoms with Gasteiger partial charge in [0.05, 0.1) is 23.6 Å². The molecule has 2 aromatic heterocycles. The molecule has 2 heterocycles. The molecule has 6 heteroatoms. The maximum absolute atomic E-state index is 12.8. The third-order valence-corrected chi connectivity index (χ3v) is 5.95. The molecule has 0 bridgehead atoms. The van der Waals surface area contributed by atoms with Gasteiger partial charge in [-0.15, -0.1) is 0 Å². The predicted molar refractivity (Wildman–Crippen MR) is 129 cm³/mol. The molecule has 1 N–H and O–H groups in total. The fourth-order valence-electron chi connectivity index (χ4n) is 3.69. The van der Waals surface area contributed by atoms with Gasteiger partial charge in [0, 0.05) is 0 Å². The van der Waals surface area contributed by atoms with Crippen LogP contribution >= 0.6 is 0 Å². The van der Waals surface area contributed by atoms with Crippen molar-refractivity contribution in [3.05, 3.63) is 99.8 Å². The Kier molecular flexibility index (Phi) is 6.36. The van der Waals surface area contributed by atoms with Gasteiger partial charge in [0.1, 0.15) is 18.1 Å². The highest BCUT2D eigenvalue weighted by Gasteiger charge is 2.18. The number of hydrogen-bond acceptors (Lipinski definition) is 4. The van der Waals surface area contributed by atoms with Crippen molar-refractivity contribution >= 4 is 11.6 Å². The van der Waals surface area contributed by atoms with Crippen molar-refractivity contribution in [2.45, 2.75) is 47.8 Å². The summed E-state index contributed by atoms with van der Waals surface area (Å²) in [7, 11) is 0. The summed E-state index contributed by atoms with van der Waals surface area (Å²) >= 11 is 0. The lowest BCUT2D eigenvalue weighted by Gasteiger charge is -2.09. The van der Waals surface area contributed by atoms with Crippen molar-refractivity contribution in [3.63, 3.8) is 0 Å². The van der Waals surface area contributed by atoms with Crippen molar-refractivity contribution < 1.29 is 13.9 Å². The average Bonchev–Trinajstić information content (AvgIpc) is 3.37. The molecule has 1 amide bonds. The van der Waals surface area contributed by atoms with E-state index in [-0.39, 0.29) is 18.3 Å². The van der Waals surface area contributed by atoms with Gasteiger partial charge < -0.3 is 14.5 Å². The minimum absolute atomic E-state index is 0.235. The number of furan rings is 1. The third-order valence-electron chi connectivity index (χ3n) is 5.95. The molecule has 0 fully saturated rings. The molecule has 0 aliphatic carbocycles. The summed E-state index contributed by atoms with van der Waals surface area (Å²) in [5.74, 6) is 1.28. The fourth-order valence-corrected chi connectivity index (χ4v) is 3.69. The first-order chi connectivity index (χ1) is 15.8. The van der Waals surface area contributed by atoms with Crippen LogP contribution in [-0.4, -0.2) is 15.7 Å². The SMILES string of the molecule is Cc1ccc(OCc2ccc(C(=O)Nc3c(C)nn(Cc4ccccc4C)c3C)o2)cc1C. The molecule has 0 saturated heterocycles. The standard InChI is InChI=1S/C27H29N3O3/c1-17-10-11-23(14-19(17)3)32-16-24-12-13-25(33-24)27(31)28-26-20(4)29-30(21(26)5)15-22-9-7-6-8-18(22)2/h6-14H,15-16H2,1-5H3,(H,28,31). The lowest BCUT2D eigenvalue weighted by molar-refractivity contribution is 0.0992. The molecule has 0 atom stereocenters. The number of hydrogen-bond donors (Lipinski definition) is 1. The molecule has 4 aromatic rings. The molecule has 33 heavy (non-hydrogen) atoms. The monoisotopic (exact) mass is 443 g/mol. The average molecular weight is 444 g/mol. The van der Waals surface area contributed by atoms with Gasteiger partial charge in [-0.3, -0.25) is 9.48 Å². The van der Waals surface area contributed by atoms with Crippen LogP contribution < -0.4 is 10.1 Å². The lowest BCUT2D eigenvalue weighted by atomic mass is 10.1. The summed E-state index contributed by atoms with van der Waals surface area (Å²) in [6.07, 6.45) is 0. The highest BCUT2D eigenvalue weighted by molar-refractivity contribution is 6.02. The van der Waals surface area contributed by atoms with E-state index in [0.717, 1.165) is 17.1 Å². The molecule has 0 unspecified atom stereocenters. The second kappa shape index (κ2) is 9.36. The Bertz CT molecular complexity index is 1300. The van der Waals surface area contributed by atoms with Crippen LogP contribution in [0.25, 0.3) is 0 Å². The molecule has 0 aliphatic rings. The lowest BCUT2D eigenvalue weighted by Crippen LogP contribution is -2.12. The summed E-state index contributed by atoms with van der Waals surface area (Å²) in [6, 6.07) is 17.6. The van der Waals surface area contributed by atoms with Crippen LogP contribution in [0.1, 0.15) is 50.0 Å². The zero-order chi connectivity index (χ0) is 23.5. The van der Waals surface area contributed by atoms with Gasteiger partial charge >= 0.3 is 0 Å². The fraction of sp³-hybridized carbons (Fsp3) is 0.259. The number of nitrogens with zero attached hydrogens (tertiary/aromatic N) is 2. The Labute approximate surface area is 194 Å². The summed E-state index contributed by atoms with van der Waals surface area (Å²) < 4.78 is 13.5. The summed E-state index contributed by atoms with van der Waals surface area (Å²) in [4.78, 5) is 12.8. The third kappa shape index (κ3) is 5.00. The maximum Gasteiger partial charge on any atom is 0.291 e. The zero-order valence-corrected chi connectivity index (χ0v) is 19.7. The van der Waals surface area contributed by atoms with Crippen LogP contribution in [0.2, 0.25) is 0 Å². The molecule has 0 saturated carbocycles. The van der Waals surface area contributed by atoms with E-state index in [2.05, 4.69) is 36.4 Å². The van der Waals surface area contributed by atoms with Crippen molar-refractivity contribution in [2.75, 3.05) is 5.32 Å². The van der Waals surface area contributed by atoms with Crippen LogP contribution in [0, 0.1) is 34.6 Å². The normalized spacial score (nSPS) is 10.9. The Hall–Kier alpha value is -3.80. The van der Waals surface area contributed by atoms with Gasteiger partial charge in [-0.1, -0.05) is 30.3 Å². The number of carbonyl (C=O) groups excluding carboxylic acids is 1. The molecule has 2 aromatic carbocycles. The van der Waals surface area contributed by atoms with Crippen LogP contribution in [-0.2, 0) is 13.2 Å². The van der Waals surface area contributed by atoms with Crippen molar-refractivity contribution in [1.29, 1.82) is 0 Å². The topological polar surface area (TPSA) is 69.3 Å². The predicted octanol–water partition coefficient (Wildman–Crippen LogP) is 5.90. The van der Waals surface area contributed by atoms with Crippen molar-refractivity contribution in [2.24, 2.45) is 0 Å². The van der Waals surface area contributed by atoms with Crippen molar-refractivity contribution in [3.8, 4) is 5.75 Å². The number of nitrogens with one attached hydrogen (secondary N) is 1. The second-order valence-electron chi connectivity index (χ2n) is 8.38. The van der Waals surface area contributed by atoms with Crippen LogP contribution in [0.3, 0.4) is 0 Å².